The van der Waals surface area contributed by atoms with Gasteiger partial charge in [-0.1, -0.05) is 72.8 Å². The number of anilines is 2. The molecule has 2 N–H and O–H groups in total. The molecule has 0 aromatic heterocycles. The topological polar surface area (TPSA) is 85.9 Å². The molecule has 0 fully saturated rings. The lowest BCUT2D eigenvalue weighted by Gasteiger charge is -2.19. The molecule has 7 heteroatoms. The van der Waals surface area contributed by atoms with E-state index in [4.69, 9.17) is 14.2 Å². The molecular formula is C30H28N2O5. The zero-order chi connectivity index (χ0) is 26.0. The molecule has 7 nitrogen and oxygen atoms in total. The molecule has 0 aliphatic carbocycles. The molecule has 0 heterocycles. The highest BCUT2D eigenvalue weighted by Crippen LogP contribution is 2.39. The summed E-state index contributed by atoms with van der Waals surface area (Å²) in [6, 6.07) is 29.9. The average Bonchev–Trinajstić information content (AvgIpc) is 2.92. The fourth-order valence-electron chi connectivity index (χ4n) is 3.73. The van der Waals surface area contributed by atoms with Crippen LogP contribution in [0.2, 0.25) is 0 Å². The summed E-state index contributed by atoms with van der Waals surface area (Å²) < 4.78 is 17.5. The van der Waals surface area contributed by atoms with Gasteiger partial charge in [0.05, 0.1) is 18.4 Å². The lowest BCUT2D eigenvalue weighted by atomic mass is 10.1. The Hall–Kier alpha value is -4.78. The van der Waals surface area contributed by atoms with Crippen molar-refractivity contribution in [3.05, 3.63) is 114 Å². The summed E-state index contributed by atoms with van der Waals surface area (Å²) in [5, 5.41) is 5.62. The van der Waals surface area contributed by atoms with Crippen molar-refractivity contribution in [1.29, 1.82) is 0 Å². The molecule has 0 aliphatic rings. The standard InChI is InChI=1S/C30H28N2O5/c1-21(33)31-28-24(17-18-27(29(28)35-2)37-20-23-13-7-4-8-14-23)30(34)32-25-15-9-10-16-26(25)36-19-22-11-5-3-6-12-22/h3-18H,19-20H2,1-2H3,(H,31,33)(H,32,34). The minimum absolute atomic E-state index is 0.219. The molecule has 4 rings (SSSR count). The Morgan fingerprint density at radius 2 is 1.24 bits per heavy atom. The van der Waals surface area contributed by atoms with Crippen molar-refractivity contribution in [2.75, 3.05) is 17.7 Å². The van der Waals surface area contributed by atoms with Gasteiger partial charge in [0.15, 0.2) is 11.5 Å². The van der Waals surface area contributed by atoms with Crippen LogP contribution in [0.4, 0.5) is 11.4 Å². The Labute approximate surface area is 216 Å². The number of nitrogens with one attached hydrogen (secondary N) is 2. The molecule has 188 valence electrons. The molecule has 0 spiro atoms. The molecule has 4 aromatic carbocycles. The number of benzene rings is 4. The van der Waals surface area contributed by atoms with E-state index in [-0.39, 0.29) is 22.9 Å². The van der Waals surface area contributed by atoms with Crippen LogP contribution in [0.25, 0.3) is 0 Å². The van der Waals surface area contributed by atoms with E-state index in [1.807, 2.05) is 66.7 Å². The van der Waals surface area contributed by atoms with E-state index in [9.17, 15) is 9.59 Å². The van der Waals surface area contributed by atoms with E-state index < -0.39 is 5.91 Å². The Morgan fingerprint density at radius 3 is 1.84 bits per heavy atom. The quantitative estimate of drug-likeness (QED) is 0.279. The van der Waals surface area contributed by atoms with Crippen LogP contribution in [0.5, 0.6) is 17.2 Å². The summed E-state index contributed by atoms with van der Waals surface area (Å²) in [5.41, 5.74) is 2.92. The number of carbonyl (C=O) groups is 2. The molecular weight excluding hydrogens is 468 g/mol. The number of methoxy groups -OCH3 is 1. The van der Waals surface area contributed by atoms with Crippen LogP contribution in [0.15, 0.2) is 97.1 Å². The Kier molecular flexibility index (Phi) is 8.39. The maximum atomic E-state index is 13.4. The second-order valence-electron chi connectivity index (χ2n) is 8.20. The van der Waals surface area contributed by atoms with Crippen LogP contribution in [0.3, 0.4) is 0 Å². The Morgan fingerprint density at radius 1 is 0.676 bits per heavy atom. The second kappa shape index (κ2) is 12.3. The van der Waals surface area contributed by atoms with Gasteiger partial charge < -0.3 is 24.8 Å². The summed E-state index contributed by atoms with van der Waals surface area (Å²) in [6.45, 7) is 2.02. The zero-order valence-corrected chi connectivity index (χ0v) is 20.7. The van der Waals surface area contributed by atoms with Gasteiger partial charge in [0.25, 0.3) is 5.91 Å². The normalized spacial score (nSPS) is 10.3. The smallest absolute Gasteiger partial charge is 0.258 e. The summed E-state index contributed by atoms with van der Waals surface area (Å²) in [5.74, 6) is 0.396. The molecule has 0 radical (unpaired) electrons. The minimum atomic E-state index is -0.438. The number of hydrogen-bond donors (Lipinski definition) is 2. The fraction of sp³-hybridized carbons (Fsp3) is 0.133. The molecule has 0 bridgehead atoms. The van der Waals surface area contributed by atoms with Crippen LogP contribution in [0.1, 0.15) is 28.4 Å². The zero-order valence-electron chi connectivity index (χ0n) is 20.7. The minimum Gasteiger partial charge on any atom is -0.491 e. The van der Waals surface area contributed by atoms with Gasteiger partial charge in [-0.05, 0) is 35.4 Å². The number of rotatable bonds is 10. The predicted molar refractivity (Wildman–Crippen MR) is 143 cm³/mol. The van der Waals surface area contributed by atoms with E-state index in [0.717, 1.165) is 11.1 Å². The molecule has 0 aliphatic heterocycles. The first-order valence-electron chi connectivity index (χ1n) is 11.8. The van der Waals surface area contributed by atoms with Crippen LogP contribution in [0, 0.1) is 0 Å². The number of hydrogen-bond acceptors (Lipinski definition) is 5. The highest BCUT2D eigenvalue weighted by atomic mass is 16.5. The van der Waals surface area contributed by atoms with Crippen LogP contribution in [-0.4, -0.2) is 18.9 Å². The average molecular weight is 497 g/mol. The maximum Gasteiger partial charge on any atom is 0.258 e. The number of carbonyl (C=O) groups excluding carboxylic acids is 2. The van der Waals surface area contributed by atoms with E-state index in [1.54, 1.807) is 30.3 Å². The van der Waals surface area contributed by atoms with Crippen molar-refractivity contribution in [2.24, 2.45) is 0 Å². The van der Waals surface area contributed by atoms with Gasteiger partial charge in [0.1, 0.15) is 24.7 Å². The molecule has 0 atom stereocenters. The van der Waals surface area contributed by atoms with E-state index in [2.05, 4.69) is 10.6 Å². The highest BCUT2D eigenvalue weighted by Gasteiger charge is 2.22. The maximum absolute atomic E-state index is 13.4. The van der Waals surface area contributed by atoms with E-state index in [1.165, 1.54) is 14.0 Å². The summed E-state index contributed by atoms with van der Waals surface area (Å²) in [6.07, 6.45) is 0. The van der Waals surface area contributed by atoms with Gasteiger partial charge in [-0.3, -0.25) is 9.59 Å². The number of amides is 2. The SMILES string of the molecule is COc1c(OCc2ccccc2)ccc(C(=O)Nc2ccccc2OCc2ccccc2)c1NC(C)=O. The third-order valence-corrected chi connectivity index (χ3v) is 5.48. The first-order valence-corrected chi connectivity index (χ1v) is 11.8. The molecule has 0 saturated carbocycles. The van der Waals surface area contributed by atoms with Crippen molar-refractivity contribution in [1.82, 2.24) is 0 Å². The third-order valence-electron chi connectivity index (χ3n) is 5.48. The Balaban J connectivity index is 1.58. The second-order valence-corrected chi connectivity index (χ2v) is 8.20. The van der Waals surface area contributed by atoms with Gasteiger partial charge in [-0.25, -0.2) is 0 Å². The summed E-state index contributed by atoms with van der Waals surface area (Å²) in [4.78, 5) is 25.4. The van der Waals surface area contributed by atoms with Crippen molar-refractivity contribution < 1.29 is 23.8 Å². The highest BCUT2D eigenvalue weighted by molar-refractivity contribution is 6.11. The van der Waals surface area contributed by atoms with Gasteiger partial charge >= 0.3 is 0 Å². The number of ether oxygens (including phenoxy) is 3. The molecule has 2 amide bonds. The first kappa shape index (κ1) is 25.3. The Bertz CT molecular complexity index is 1360. The van der Waals surface area contributed by atoms with Gasteiger partial charge in [-0.2, -0.15) is 0 Å². The van der Waals surface area contributed by atoms with Crippen LogP contribution in [-0.2, 0) is 18.0 Å². The lowest BCUT2D eigenvalue weighted by molar-refractivity contribution is -0.114. The van der Waals surface area contributed by atoms with E-state index >= 15 is 0 Å². The molecule has 0 unspecified atom stereocenters. The first-order chi connectivity index (χ1) is 18.0. The van der Waals surface area contributed by atoms with Crippen LogP contribution >= 0.6 is 0 Å². The van der Waals surface area contributed by atoms with Gasteiger partial charge in [-0.15, -0.1) is 0 Å². The van der Waals surface area contributed by atoms with E-state index in [0.29, 0.717) is 30.4 Å². The molecule has 0 saturated heterocycles. The van der Waals surface area contributed by atoms with Gasteiger partial charge in [0, 0.05) is 6.92 Å². The summed E-state index contributed by atoms with van der Waals surface area (Å²) in [7, 11) is 1.46. The lowest BCUT2D eigenvalue weighted by Crippen LogP contribution is -2.18. The monoisotopic (exact) mass is 496 g/mol. The number of para-hydroxylation sites is 2. The third kappa shape index (κ3) is 6.67. The largest absolute Gasteiger partial charge is 0.491 e. The van der Waals surface area contributed by atoms with Gasteiger partial charge in [0.2, 0.25) is 5.91 Å². The van der Waals surface area contributed by atoms with Crippen molar-refractivity contribution in [3.63, 3.8) is 0 Å². The molecule has 37 heavy (non-hydrogen) atoms. The van der Waals surface area contributed by atoms with Crippen molar-refractivity contribution in [2.45, 2.75) is 20.1 Å². The fourth-order valence-corrected chi connectivity index (χ4v) is 3.73. The van der Waals surface area contributed by atoms with Crippen LogP contribution < -0.4 is 24.8 Å². The predicted octanol–water partition coefficient (Wildman–Crippen LogP) is 6.06. The van der Waals surface area contributed by atoms with Crippen molar-refractivity contribution in [3.8, 4) is 17.2 Å². The summed E-state index contributed by atoms with van der Waals surface area (Å²) >= 11 is 0. The van der Waals surface area contributed by atoms with Crippen molar-refractivity contribution >= 4 is 23.2 Å². The molecule has 4 aromatic rings.